The molecule has 1 heterocycles. The van der Waals surface area contributed by atoms with Gasteiger partial charge in [0.15, 0.2) is 0 Å². The Morgan fingerprint density at radius 3 is 2.52 bits per heavy atom. The van der Waals surface area contributed by atoms with Crippen LogP contribution in [0.25, 0.3) is 0 Å². The maximum absolute atomic E-state index is 12.3. The van der Waals surface area contributed by atoms with Gasteiger partial charge in [0.05, 0.1) is 18.1 Å². The van der Waals surface area contributed by atoms with Crippen molar-refractivity contribution in [2.24, 2.45) is 5.41 Å². The summed E-state index contributed by atoms with van der Waals surface area (Å²) < 4.78 is 32.5. The molecule has 1 aliphatic carbocycles. The molecule has 0 aromatic heterocycles. The fourth-order valence-corrected chi connectivity index (χ4v) is 3.26. The molecule has 0 bridgehead atoms. The Morgan fingerprint density at radius 1 is 1.22 bits per heavy atom. The summed E-state index contributed by atoms with van der Waals surface area (Å²) in [5.41, 5.74) is -0.123. The predicted molar refractivity (Wildman–Crippen MR) is 95.7 cm³/mol. The van der Waals surface area contributed by atoms with Gasteiger partial charge in [-0.15, -0.1) is 0 Å². The first-order chi connectivity index (χ1) is 10.9. The summed E-state index contributed by atoms with van der Waals surface area (Å²) in [5, 5.41) is 0. The van der Waals surface area contributed by atoms with Crippen LogP contribution < -0.4 is 4.72 Å². The Kier molecular flexibility index (Phi) is 8.19. The highest BCUT2D eigenvalue weighted by Crippen LogP contribution is 2.23. The Bertz CT molecular complexity index is 542. The lowest BCUT2D eigenvalue weighted by Gasteiger charge is -2.26. The summed E-state index contributed by atoms with van der Waals surface area (Å²) in [6, 6.07) is 0. The van der Waals surface area contributed by atoms with Gasteiger partial charge in [0.1, 0.15) is 0 Å². The molecule has 0 amide bonds. The number of morpholine rings is 1. The zero-order chi connectivity index (χ0) is 17.3. The molecule has 2 rings (SSSR count). The Balaban J connectivity index is 0.00000127. The summed E-state index contributed by atoms with van der Waals surface area (Å²) in [6.07, 6.45) is 9.01. The smallest absolute Gasteiger partial charge is 0.240 e. The largest absolute Gasteiger partial charge is 0.379 e. The van der Waals surface area contributed by atoms with Crippen molar-refractivity contribution >= 4 is 10.0 Å². The summed E-state index contributed by atoms with van der Waals surface area (Å²) >= 11 is 0. The van der Waals surface area contributed by atoms with Gasteiger partial charge in [-0.25, -0.2) is 13.1 Å². The van der Waals surface area contributed by atoms with Gasteiger partial charge in [-0.3, -0.25) is 4.90 Å². The number of hydrogen-bond acceptors (Lipinski definition) is 4. The van der Waals surface area contributed by atoms with Gasteiger partial charge in [-0.1, -0.05) is 45.9 Å². The van der Waals surface area contributed by atoms with E-state index in [9.17, 15) is 8.42 Å². The molecule has 1 fully saturated rings. The maximum Gasteiger partial charge on any atom is 0.240 e. The van der Waals surface area contributed by atoms with Crippen molar-refractivity contribution in [2.75, 3.05) is 39.4 Å². The normalized spacial score (nSPS) is 21.1. The number of ether oxygens (including phenoxy) is 1. The monoisotopic (exact) mass is 342 g/mol. The SMILES string of the molecule is CC.CC1(C)C=CC=C(S(=O)(=O)NCCN2CCOCC2)C=C1. The molecule has 5 nitrogen and oxygen atoms in total. The van der Waals surface area contributed by atoms with Crippen LogP contribution >= 0.6 is 0 Å². The number of hydrogen-bond donors (Lipinski definition) is 1. The van der Waals surface area contributed by atoms with E-state index in [1.54, 1.807) is 18.2 Å². The fraction of sp³-hybridized carbons (Fsp3) is 0.647. The lowest BCUT2D eigenvalue weighted by atomic mass is 9.93. The predicted octanol–water partition coefficient (Wildman–Crippen LogP) is 2.30. The second-order valence-electron chi connectivity index (χ2n) is 5.93. The van der Waals surface area contributed by atoms with Crippen LogP contribution in [0.4, 0.5) is 0 Å². The Labute approximate surface area is 141 Å². The van der Waals surface area contributed by atoms with Crippen molar-refractivity contribution in [1.29, 1.82) is 0 Å². The molecule has 6 heteroatoms. The van der Waals surface area contributed by atoms with E-state index < -0.39 is 10.0 Å². The molecule has 0 aromatic rings. The van der Waals surface area contributed by atoms with Crippen LogP contribution in [0.1, 0.15) is 27.7 Å². The van der Waals surface area contributed by atoms with Gasteiger partial charge in [-0.05, 0) is 12.2 Å². The maximum atomic E-state index is 12.3. The standard InChI is InChI=1S/C15H24N2O3S.C2H6/c1-15(2)6-3-4-14(5-7-15)21(18,19)16-8-9-17-10-12-20-13-11-17;1-2/h3-7,16H,8-13H2,1-2H3;1-2H3. The highest BCUT2D eigenvalue weighted by atomic mass is 32.2. The summed E-state index contributed by atoms with van der Waals surface area (Å²) in [6.45, 7) is 12.4. The minimum absolute atomic E-state index is 0.123. The third-order valence-corrected chi connectivity index (χ3v) is 5.07. The van der Waals surface area contributed by atoms with E-state index in [4.69, 9.17) is 4.74 Å². The van der Waals surface area contributed by atoms with E-state index in [1.807, 2.05) is 39.8 Å². The molecular weight excluding hydrogens is 312 g/mol. The summed E-state index contributed by atoms with van der Waals surface area (Å²) in [5.74, 6) is 0. The Hall–Kier alpha value is -0.950. The molecular formula is C17H30N2O3S. The molecule has 132 valence electrons. The average Bonchev–Trinajstić information content (AvgIpc) is 2.71. The first kappa shape index (κ1) is 20.1. The molecule has 2 aliphatic rings. The van der Waals surface area contributed by atoms with Crippen molar-refractivity contribution in [3.8, 4) is 0 Å². The van der Waals surface area contributed by atoms with E-state index in [1.165, 1.54) is 0 Å². The van der Waals surface area contributed by atoms with E-state index in [0.717, 1.165) is 26.3 Å². The zero-order valence-electron chi connectivity index (χ0n) is 14.7. The van der Waals surface area contributed by atoms with Crippen LogP contribution in [-0.2, 0) is 14.8 Å². The molecule has 1 saturated heterocycles. The van der Waals surface area contributed by atoms with Crippen LogP contribution in [0.3, 0.4) is 0 Å². The quantitative estimate of drug-likeness (QED) is 0.833. The molecule has 0 radical (unpaired) electrons. The van der Waals surface area contributed by atoms with Crippen LogP contribution in [0.15, 0.2) is 35.3 Å². The van der Waals surface area contributed by atoms with Crippen molar-refractivity contribution < 1.29 is 13.2 Å². The molecule has 0 spiro atoms. The molecule has 1 N–H and O–H groups in total. The minimum atomic E-state index is -3.44. The van der Waals surface area contributed by atoms with E-state index in [0.29, 0.717) is 18.0 Å². The van der Waals surface area contributed by atoms with Crippen LogP contribution in [0.2, 0.25) is 0 Å². The van der Waals surface area contributed by atoms with Crippen molar-refractivity contribution in [1.82, 2.24) is 9.62 Å². The molecule has 1 aliphatic heterocycles. The molecule has 0 unspecified atom stereocenters. The van der Waals surface area contributed by atoms with E-state index >= 15 is 0 Å². The lowest BCUT2D eigenvalue weighted by molar-refractivity contribution is 0.0390. The second kappa shape index (κ2) is 9.37. The summed E-state index contributed by atoms with van der Waals surface area (Å²) in [4.78, 5) is 2.51. The second-order valence-corrected chi connectivity index (χ2v) is 7.70. The van der Waals surface area contributed by atoms with Crippen molar-refractivity contribution in [3.63, 3.8) is 0 Å². The topological polar surface area (TPSA) is 58.6 Å². The first-order valence-corrected chi connectivity index (χ1v) is 9.76. The van der Waals surface area contributed by atoms with Gasteiger partial charge in [0, 0.05) is 31.6 Å². The average molecular weight is 343 g/mol. The number of sulfonamides is 1. The van der Waals surface area contributed by atoms with Gasteiger partial charge in [-0.2, -0.15) is 0 Å². The van der Waals surface area contributed by atoms with E-state index in [2.05, 4.69) is 9.62 Å². The van der Waals surface area contributed by atoms with Gasteiger partial charge < -0.3 is 4.74 Å². The highest BCUT2D eigenvalue weighted by Gasteiger charge is 2.19. The fourth-order valence-electron chi connectivity index (χ4n) is 2.22. The number of nitrogens with one attached hydrogen (secondary N) is 1. The van der Waals surface area contributed by atoms with Gasteiger partial charge in [0.25, 0.3) is 0 Å². The summed E-state index contributed by atoms with van der Waals surface area (Å²) in [7, 11) is -3.44. The third kappa shape index (κ3) is 6.99. The molecule has 23 heavy (non-hydrogen) atoms. The van der Waals surface area contributed by atoms with Crippen molar-refractivity contribution in [3.05, 3.63) is 35.3 Å². The third-order valence-electron chi connectivity index (χ3n) is 3.60. The van der Waals surface area contributed by atoms with Gasteiger partial charge in [0.2, 0.25) is 10.0 Å². The first-order valence-electron chi connectivity index (χ1n) is 8.28. The number of allylic oxidation sites excluding steroid dienone is 5. The van der Waals surface area contributed by atoms with Gasteiger partial charge >= 0.3 is 0 Å². The van der Waals surface area contributed by atoms with Crippen LogP contribution in [0.5, 0.6) is 0 Å². The van der Waals surface area contributed by atoms with E-state index in [-0.39, 0.29) is 5.41 Å². The Morgan fingerprint density at radius 2 is 1.87 bits per heavy atom. The zero-order valence-corrected chi connectivity index (χ0v) is 15.5. The van der Waals surface area contributed by atoms with Crippen LogP contribution in [-0.4, -0.2) is 52.7 Å². The number of nitrogens with zero attached hydrogens (tertiary/aromatic N) is 1. The number of rotatable bonds is 5. The highest BCUT2D eigenvalue weighted by molar-refractivity contribution is 7.93. The molecule has 0 saturated carbocycles. The minimum Gasteiger partial charge on any atom is -0.379 e. The molecule has 0 aromatic carbocycles. The molecule has 0 atom stereocenters. The lowest BCUT2D eigenvalue weighted by Crippen LogP contribution is -2.41. The van der Waals surface area contributed by atoms with Crippen molar-refractivity contribution in [2.45, 2.75) is 27.7 Å². The van der Waals surface area contributed by atoms with Crippen LogP contribution in [0, 0.1) is 5.41 Å².